The Hall–Kier alpha value is -1.39. The summed E-state index contributed by atoms with van der Waals surface area (Å²) >= 11 is 0. The number of likely N-dealkylation sites (tertiary alicyclic amines) is 1. The molecular weight excluding hydrogens is 324 g/mol. The number of hydrogen-bond donors (Lipinski definition) is 2. The standard InChI is InChI=1S/C22H34N2O2/c1-2-22(17-23-20-10-8-19(9-11-20)21(25)26)12-14-24(15-13-22)16-18-6-4-3-5-7-18/h3-7,19-20,23H,2,8-17H2,1H3,(H,25,26). The van der Waals surface area contributed by atoms with Crippen LogP contribution >= 0.6 is 0 Å². The van der Waals surface area contributed by atoms with Crippen LogP contribution in [-0.4, -0.2) is 41.7 Å². The lowest BCUT2D eigenvalue weighted by atomic mass is 9.75. The minimum Gasteiger partial charge on any atom is -0.481 e. The van der Waals surface area contributed by atoms with E-state index in [9.17, 15) is 4.79 Å². The van der Waals surface area contributed by atoms with Crippen molar-refractivity contribution in [2.24, 2.45) is 11.3 Å². The highest BCUT2D eigenvalue weighted by molar-refractivity contribution is 5.70. The largest absolute Gasteiger partial charge is 0.481 e. The average molecular weight is 359 g/mol. The zero-order valence-electron chi connectivity index (χ0n) is 16.1. The summed E-state index contributed by atoms with van der Waals surface area (Å²) in [7, 11) is 0. The molecule has 0 atom stereocenters. The third-order valence-corrected chi connectivity index (χ3v) is 6.76. The van der Waals surface area contributed by atoms with Crippen molar-refractivity contribution < 1.29 is 9.90 Å². The van der Waals surface area contributed by atoms with Gasteiger partial charge < -0.3 is 10.4 Å². The molecule has 0 spiro atoms. The Morgan fingerprint density at radius 2 is 1.81 bits per heavy atom. The number of benzene rings is 1. The van der Waals surface area contributed by atoms with Gasteiger partial charge in [-0.1, -0.05) is 37.3 Å². The maximum Gasteiger partial charge on any atom is 0.306 e. The zero-order valence-corrected chi connectivity index (χ0v) is 16.1. The topological polar surface area (TPSA) is 52.6 Å². The molecule has 1 aliphatic heterocycles. The molecule has 1 aromatic carbocycles. The van der Waals surface area contributed by atoms with Crippen molar-refractivity contribution in [3.8, 4) is 0 Å². The van der Waals surface area contributed by atoms with E-state index in [1.165, 1.54) is 37.9 Å². The van der Waals surface area contributed by atoms with Crippen molar-refractivity contribution in [1.82, 2.24) is 10.2 Å². The monoisotopic (exact) mass is 358 g/mol. The van der Waals surface area contributed by atoms with Crippen LogP contribution in [0.5, 0.6) is 0 Å². The predicted molar refractivity (Wildman–Crippen MR) is 105 cm³/mol. The van der Waals surface area contributed by atoms with E-state index in [4.69, 9.17) is 5.11 Å². The number of carbonyl (C=O) groups is 1. The number of aliphatic carboxylic acids is 1. The summed E-state index contributed by atoms with van der Waals surface area (Å²) < 4.78 is 0. The van der Waals surface area contributed by atoms with Gasteiger partial charge in [0.05, 0.1) is 5.92 Å². The first-order chi connectivity index (χ1) is 12.6. The Bertz CT molecular complexity index is 559. The van der Waals surface area contributed by atoms with Crippen molar-refractivity contribution in [3.05, 3.63) is 35.9 Å². The van der Waals surface area contributed by atoms with Crippen molar-refractivity contribution in [1.29, 1.82) is 0 Å². The van der Waals surface area contributed by atoms with Crippen LogP contribution in [0, 0.1) is 11.3 Å². The molecule has 1 aromatic rings. The fraction of sp³-hybridized carbons (Fsp3) is 0.682. The Morgan fingerprint density at radius 1 is 1.15 bits per heavy atom. The molecule has 2 aliphatic rings. The van der Waals surface area contributed by atoms with E-state index >= 15 is 0 Å². The minimum absolute atomic E-state index is 0.116. The van der Waals surface area contributed by atoms with Gasteiger partial charge in [-0.15, -0.1) is 0 Å². The zero-order chi connectivity index (χ0) is 18.4. The molecule has 3 rings (SSSR count). The first-order valence-electron chi connectivity index (χ1n) is 10.3. The number of rotatable bonds is 7. The van der Waals surface area contributed by atoms with Crippen LogP contribution in [0.4, 0.5) is 0 Å². The smallest absolute Gasteiger partial charge is 0.306 e. The van der Waals surface area contributed by atoms with E-state index in [0.29, 0.717) is 11.5 Å². The van der Waals surface area contributed by atoms with Gasteiger partial charge in [0, 0.05) is 19.1 Å². The molecule has 2 fully saturated rings. The average Bonchev–Trinajstić information content (AvgIpc) is 2.69. The highest BCUT2D eigenvalue weighted by Gasteiger charge is 2.34. The van der Waals surface area contributed by atoms with Gasteiger partial charge in [-0.2, -0.15) is 0 Å². The summed E-state index contributed by atoms with van der Waals surface area (Å²) in [6, 6.07) is 11.3. The van der Waals surface area contributed by atoms with Crippen LogP contribution in [0.3, 0.4) is 0 Å². The van der Waals surface area contributed by atoms with Gasteiger partial charge >= 0.3 is 5.97 Å². The van der Waals surface area contributed by atoms with E-state index in [1.807, 2.05) is 0 Å². The second kappa shape index (κ2) is 9.01. The lowest BCUT2D eigenvalue weighted by Gasteiger charge is -2.43. The third-order valence-electron chi connectivity index (χ3n) is 6.76. The summed E-state index contributed by atoms with van der Waals surface area (Å²) in [4.78, 5) is 13.7. The lowest BCUT2D eigenvalue weighted by molar-refractivity contribution is -0.142. The molecule has 4 heteroatoms. The van der Waals surface area contributed by atoms with Crippen LogP contribution < -0.4 is 5.32 Å². The van der Waals surface area contributed by atoms with Gasteiger partial charge in [-0.05, 0) is 69.0 Å². The Kier molecular flexibility index (Phi) is 6.71. The predicted octanol–water partition coefficient (Wildman–Crippen LogP) is 3.91. The summed E-state index contributed by atoms with van der Waals surface area (Å²) in [6.07, 6.45) is 7.42. The summed E-state index contributed by atoms with van der Waals surface area (Å²) in [5, 5.41) is 12.9. The van der Waals surface area contributed by atoms with Gasteiger partial charge in [0.1, 0.15) is 0 Å². The van der Waals surface area contributed by atoms with E-state index in [0.717, 1.165) is 38.8 Å². The van der Waals surface area contributed by atoms with Crippen molar-refractivity contribution in [2.45, 2.75) is 64.5 Å². The Morgan fingerprint density at radius 3 is 2.38 bits per heavy atom. The number of carboxylic acid groups (broad SMARTS) is 1. The molecule has 1 saturated heterocycles. The number of hydrogen-bond acceptors (Lipinski definition) is 3. The summed E-state index contributed by atoms with van der Waals surface area (Å²) in [5.41, 5.74) is 1.82. The van der Waals surface area contributed by atoms with Gasteiger partial charge in [0.15, 0.2) is 0 Å². The number of carboxylic acids is 1. The molecular formula is C22H34N2O2. The number of nitrogens with one attached hydrogen (secondary N) is 1. The maximum absolute atomic E-state index is 11.1. The van der Waals surface area contributed by atoms with E-state index in [1.54, 1.807) is 0 Å². The third kappa shape index (κ3) is 5.08. The van der Waals surface area contributed by atoms with E-state index < -0.39 is 5.97 Å². The molecule has 0 radical (unpaired) electrons. The summed E-state index contributed by atoms with van der Waals surface area (Å²) in [6.45, 7) is 6.83. The molecule has 1 aliphatic carbocycles. The van der Waals surface area contributed by atoms with Crippen LogP contribution in [-0.2, 0) is 11.3 Å². The Balaban J connectivity index is 1.43. The van der Waals surface area contributed by atoms with E-state index in [2.05, 4.69) is 47.5 Å². The van der Waals surface area contributed by atoms with Gasteiger partial charge in [0.2, 0.25) is 0 Å². The second-order valence-electron chi connectivity index (χ2n) is 8.38. The summed E-state index contributed by atoms with van der Waals surface area (Å²) in [5.74, 6) is -0.728. The van der Waals surface area contributed by atoms with Gasteiger partial charge in [-0.3, -0.25) is 9.69 Å². The molecule has 1 saturated carbocycles. The SMILES string of the molecule is CCC1(CNC2CCC(C(=O)O)CC2)CCN(Cc2ccccc2)CC1. The molecule has 0 aromatic heterocycles. The molecule has 0 bridgehead atoms. The second-order valence-corrected chi connectivity index (χ2v) is 8.38. The fourth-order valence-corrected chi connectivity index (χ4v) is 4.59. The lowest BCUT2D eigenvalue weighted by Crippen LogP contribution is -2.47. The molecule has 0 unspecified atom stereocenters. The van der Waals surface area contributed by atoms with Crippen molar-refractivity contribution in [3.63, 3.8) is 0 Å². The molecule has 26 heavy (non-hydrogen) atoms. The molecule has 144 valence electrons. The van der Waals surface area contributed by atoms with Crippen molar-refractivity contribution >= 4 is 5.97 Å². The van der Waals surface area contributed by atoms with Crippen LogP contribution in [0.2, 0.25) is 0 Å². The highest BCUT2D eigenvalue weighted by Crippen LogP contribution is 2.35. The Labute approximate surface area is 158 Å². The van der Waals surface area contributed by atoms with Gasteiger partial charge in [0.25, 0.3) is 0 Å². The van der Waals surface area contributed by atoms with Crippen LogP contribution in [0.25, 0.3) is 0 Å². The first kappa shape index (κ1) is 19.4. The van der Waals surface area contributed by atoms with Crippen LogP contribution in [0.1, 0.15) is 57.4 Å². The molecule has 2 N–H and O–H groups in total. The number of nitrogens with zero attached hydrogens (tertiary/aromatic N) is 1. The molecule has 0 amide bonds. The van der Waals surface area contributed by atoms with E-state index in [-0.39, 0.29) is 5.92 Å². The molecule has 4 nitrogen and oxygen atoms in total. The minimum atomic E-state index is -0.612. The first-order valence-corrected chi connectivity index (χ1v) is 10.3. The molecule has 1 heterocycles. The number of piperidine rings is 1. The van der Waals surface area contributed by atoms with Crippen molar-refractivity contribution in [2.75, 3.05) is 19.6 Å². The maximum atomic E-state index is 11.1. The van der Waals surface area contributed by atoms with Gasteiger partial charge in [-0.25, -0.2) is 0 Å². The quantitative estimate of drug-likeness (QED) is 0.776. The highest BCUT2D eigenvalue weighted by atomic mass is 16.4. The fourth-order valence-electron chi connectivity index (χ4n) is 4.59. The normalized spacial score (nSPS) is 26.5. The van der Waals surface area contributed by atoms with Crippen LogP contribution in [0.15, 0.2) is 30.3 Å².